The Morgan fingerprint density at radius 1 is 1.44 bits per heavy atom. The Balaban J connectivity index is 2.90. The molecule has 0 bridgehead atoms. The molecule has 0 amide bonds. The van der Waals surface area contributed by atoms with E-state index in [9.17, 15) is 13.2 Å². The van der Waals surface area contributed by atoms with E-state index in [1.165, 1.54) is 6.92 Å². The zero-order valence-electron chi connectivity index (χ0n) is 8.81. The van der Waals surface area contributed by atoms with Crippen molar-refractivity contribution in [2.75, 3.05) is 11.9 Å². The van der Waals surface area contributed by atoms with E-state index >= 15 is 0 Å². The summed E-state index contributed by atoms with van der Waals surface area (Å²) in [4.78, 5) is 7.53. The van der Waals surface area contributed by atoms with Crippen LogP contribution in [0.2, 0.25) is 0 Å². The van der Waals surface area contributed by atoms with Gasteiger partial charge in [0.05, 0.1) is 11.4 Å². The number of alkyl halides is 3. The molecule has 1 aromatic rings. The van der Waals surface area contributed by atoms with E-state index in [1.54, 1.807) is 6.92 Å². The van der Waals surface area contributed by atoms with E-state index in [0.717, 1.165) is 6.33 Å². The fourth-order valence-electron chi connectivity index (χ4n) is 1.19. The van der Waals surface area contributed by atoms with E-state index in [1.807, 2.05) is 0 Å². The van der Waals surface area contributed by atoms with Crippen LogP contribution < -0.4 is 5.32 Å². The number of hydrogen-bond donors (Lipinski definition) is 2. The van der Waals surface area contributed by atoms with Gasteiger partial charge in [0.25, 0.3) is 0 Å². The van der Waals surface area contributed by atoms with Gasteiger partial charge in [-0.25, -0.2) is 9.97 Å². The summed E-state index contributed by atoms with van der Waals surface area (Å²) in [5.74, 6) is 0.105. The standard InChI is InChI=1S/C9H11F3N4/c1-5-7(6(2)13)15-4-16-8(5)14-3-9(10,11)12/h4,13H,3H2,1-2H3,(H,14,15,16). The Morgan fingerprint density at radius 2 is 2.06 bits per heavy atom. The van der Waals surface area contributed by atoms with Crippen LogP contribution in [0.1, 0.15) is 18.2 Å². The molecule has 0 radical (unpaired) electrons. The van der Waals surface area contributed by atoms with Crippen molar-refractivity contribution in [1.82, 2.24) is 9.97 Å². The molecule has 0 aromatic carbocycles. The summed E-state index contributed by atoms with van der Waals surface area (Å²) in [5.41, 5.74) is 0.980. The highest BCUT2D eigenvalue weighted by Crippen LogP contribution is 2.18. The molecule has 7 heteroatoms. The Hall–Kier alpha value is -1.66. The van der Waals surface area contributed by atoms with Crippen molar-refractivity contribution in [2.45, 2.75) is 20.0 Å². The molecule has 88 valence electrons. The minimum atomic E-state index is -4.29. The smallest absolute Gasteiger partial charge is 0.361 e. The van der Waals surface area contributed by atoms with E-state index < -0.39 is 12.7 Å². The van der Waals surface area contributed by atoms with Gasteiger partial charge in [-0.1, -0.05) is 0 Å². The third-order valence-corrected chi connectivity index (χ3v) is 1.90. The van der Waals surface area contributed by atoms with Gasteiger partial charge in [-0.05, 0) is 13.8 Å². The van der Waals surface area contributed by atoms with Crippen molar-refractivity contribution < 1.29 is 13.2 Å². The molecule has 1 heterocycles. The molecule has 0 atom stereocenters. The maximum Gasteiger partial charge on any atom is 0.405 e. The van der Waals surface area contributed by atoms with Gasteiger partial charge >= 0.3 is 6.18 Å². The number of aromatic nitrogens is 2. The first-order chi connectivity index (χ1) is 7.31. The second kappa shape index (κ2) is 4.46. The summed E-state index contributed by atoms with van der Waals surface area (Å²) in [6, 6.07) is 0. The van der Waals surface area contributed by atoms with Crippen molar-refractivity contribution >= 4 is 11.5 Å². The maximum atomic E-state index is 12.0. The molecule has 0 unspecified atom stereocenters. The third kappa shape index (κ3) is 3.18. The van der Waals surface area contributed by atoms with Crippen LogP contribution in [0.25, 0.3) is 0 Å². The van der Waals surface area contributed by atoms with Crippen LogP contribution in [0.5, 0.6) is 0 Å². The van der Waals surface area contributed by atoms with Crippen LogP contribution in [0.4, 0.5) is 19.0 Å². The molecule has 0 aliphatic rings. The highest BCUT2D eigenvalue weighted by Gasteiger charge is 2.27. The Bertz CT molecular complexity index is 400. The molecule has 0 spiro atoms. The van der Waals surface area contributed by atoms with Crippen molar-refractivity contribution in [3.8, 4) is 0 Å². The van der Waals surface area contributed by atoms with Crippen LogP contribution in [0.3, 0.4) is 0 Å². The molecule has 1 aromatic heterocycles. The van der Waals surface area contributed by atoms with Crippen LogP contribution >= 0.6 is 0 Å². The summed E-state index contributed by atoms with van der Waals surface area (Å²) in [5, 5.41) is 9.56. The second-order valence-electron chi connectivity index (χ2n) is 3.29. The third-order valence-electron chi connectivity index (χ3n) is 1.90. The number of nitrogens with one attached hydrogen (secondary N) is 2. The summed E-state index contributed by atoms with van der Waals surface area (Å²) < 4.78 is 36.0. The minimum absolute atomic E-state index is 0.105. The summed E-state index contributed by atoms with van der Waals surface area (Å²) >= 11 is 0. The lowest BCUT2D eigenvalue weighted by Gasteiger charge is -2.12. The highest BCUT2D eigenvalue weighted by atomic mass is 19.4. The molecule has 4 nitrogen and oxygen atoms in total. The van der Waals surface area contributed by atoms with E-state index in [-0.39, 0.29) is 11.5 Å². The largest absolute Gasteiger partial charge is 0.405 e. The quantitative estimate of drug-likeness (QED) is 0.785. The van der Waals surface area contributed by atoms with Crippen molar-refractivity contribution in [3.05, 3.63) is 17.6 Å². The maximum absolute atomic E-state index is 12.0. The average molecular weight is 232 g/mol. The lowest BCUT2D eigenvalue weighted by molar-refractivity contribution is -0.115. The lowest BCUT2D eigenvalue weighted by Crippen LogP contribution is -2.22. The fourth-order valence-corrected chi connectivity index (χ4v) is 1.19. The molecular weight excluding hydrogens is 221 g/mol. The average Bonchev–Trinajstić information content (AvgIpc) is 2.14. The SMILES string of the molecule is CC(=N)c1ncnc(NCC(F)(F)F)c1C. The predicted octanol–water partition coefficient (Wildman–Crippen LogP) is 2.15. The number of rotatable bonds is 3. The number of hydrogen-bond acceptors (Lipinski definition) is 4. The first kappa shape index (κ1) is 12.4. The molecular formula is C9H11F3N4. The first-order valence-electron chi connectivity index (χ1n) is 4.49. The van der Waals surface area contributed by atoms with Crippen LogP contribution in [0.15, 0.2) is 6.33 Å². The molecule has 0 aliphatic carbocycles. The van der Waals surface area contributed by atoms with Gasteiger partial charge in [0.1, 0.15) is 18.7 Å². The fraction of sp³-hybridized carbons (Fsp3) is 0.444. The number of anilines is 1. The normalized spacial score (nSPS) is 11.3. The molecule has 0 aliphatic heterocycles. The van der Waals surface area contributed by atoms with Gasteiger partial charge in [-0.3, -0.25) is 0 Å². The Labute approximate surface area is 90.4 Å². The molecule has 0 saturated heterocycles. The lowest BCUT2D eigenvalue weighted by atomic mass is 10.2. The van der Waals surface area contributed by atoms with E-state index in [2.05, 4.69) is 15.3 Å². The van der Waals surface area contributed by atoms with Gasteiger partial charge in [0.15, 0.2) is 0 Å². The molecule has 2 N–H and O–H groups in total. The zero-order valence-corrected chi connectivity index (χ0v) is 8.81. The molecule has 1 rings (SSSR count). The van der Waals surface area contributed by atoms with Gasteiger partial charge in [0.2, 0.25) is 0 Å². The highest BCUT2D eigenvalue weighted by molar-refractivity contribution is 5.96. The van der Waals surface area contributed by atoms with Crippen molar-refractivity contribution in [1.29, 1.82) is 5.41 Å². The van der Waals surface area contributed by atoms with Crippen LogP contribution in [-0.4, -0.2) is 28.4 Å². The molecule has 0 saturated carbocycles. The van der Waals surface area contributed by atoms with E-state index in [0.29, 0.717) is 11.3 Å². The van der Waals surface area contributed by atoms with Gasteiger partial charge in [0, 0.05) is 5.56 Å². The molecule has 16 heavy (non-hydrogen) atoms. The van der Waals surface area contributed by atoms with Crippen LogP contribution in [0, 0.1) is 12.3 Å². The number of nitrogens with zero attached hydrogens (tertiary/aromatic N) is 2. The number of halogens is 3. The Morgan fingerprint density at radius 3 is 2.56 bits per heavy atom. The van der Waals surface area contributed by atoms with Crippen molar-refractivity contribution in [3.63, 3.8) is 0 Å². The predicted molar refractivity (Wildman–Crippen MR) is 53.8 cm³/mol. The summed E-state index contributed by atoms with van der Waals surface area (Å²) in [6.45, 7) is 1.94. The van der Waals surface area contributed by atoms with E-state index in [4.69, 9.17) is 5.41 Å². The monoisotopic (exact) mass is 232 g/mol. The van der Waals surface area contributed by atoms with Gasteiger partial charge in [-0.2, -0.15) is 13.2 Å². The summed E-state index contributed by atoms with van der Waals surface area (Å²) in [7, 11) is 0. The molecule has 0 fully saturated rings. The first-order valence-corrected chi connectivity index (χ1v) is 4.49. The van der Waals surface area contributed by atoms with Gasteiger partial charge < -0.3 is 10.7 Å². The van der Waals surface area contributed by atoms with Gasteiger partial charge in [-0.15, -0.1) is 0 Å². The van der Waals surface area contributed by atoms with Crippen molar-refractivity contribution in [2.24, 2.45) is 0 Å². The van der Waals surface area contributed by atoms with Crippen LogP contribution in [-0.2, 0) is 0 Å². The topological polar surface area (TPSA) is 61.7 Å². The minimum Gasteiger partial charge on any atom is -0.361 e. The Kier molecular flexibility index (Phi) is 3.46. The second-order valence-corrected chi connectivity index (χ2v) is 3.29. The summed E-state index contributed by atoms with van der Waals surface area (Å²) in [6.07, 6.45) is -3.16. The zero-order chi connectivity index (χ0) is 12.3.